The van der Waals surface area contributed by atoms with E-state index in [-0.39, 0.29) is 30.9 Å². The summed E-state index contributed by atoms with van der Waals surface area (Å²) in [6.45, 7) is 0.339. The molecule has 0 aromatic heterocycles. The summed E-state index contributed by atoms with van der Waals surface area (Å²) in [5.74, 6) is 0.367. The second-order valence-corrected chi connectivity index (χ2v) is 7.18. The van der Waals surface area contributed by atoms with Gasteiger partial charge in [0.2, 0.25) is 5.91 Å². The van der Waals surface area contributed by atoms with Crippen molar-refractivity contribution in [2.75, 3.05) is 18.1 Å². The van der Waals surface area contributed by atoms with Gasteiger partial charge in [0.25, 0.3) is 5.91 Å². The fourth-order valence-electron chi connectivity index (χ4n) is 3.35. The van der Waals surface area contributed by atoms with E-state index in [1.54, 1.807) is 29.2 Å². The Kier molecular flexibility index (Phi) is 5.17. The van der Waals surface area contributed by atoms with Crippen molar-refractivity contribution < 1.29 is 14.3 Å². The third-order valence-electron chi connectivity index (χ3n) is 4.72. The minimum atomic E-state index is -0.246. The summed E-state index contributed by atoms with van der Waals surface area (Å²) in [4.78, 5) is 26.2. The number of anilines is 1. The quantitative estimate of drug-likeness (QED) is 0.716. The van der Waals surface area contributed by atoms with Gasteiger partial charge in [-0.05, 0) is 47.2 Å². The molecule has 1 atom stereocenters. The SMILES string of the molecule is O=C(COc1ccc2ccccc2c1)NC1CC(=O)N(c2ccc(Cl)cc2)C1. The maximum atomic E-state index is 12.3. The van der Waals surface area contributed by atoms with Crippen LogP contribution in [-0.2, 0) is 9.59 Å². The van der Waals surface area contributed by atoms with Crippen molar-refractivity contribution in [3.63, 3.8) is 0 Å². The number of benzene rings is 3. The van der Waals surface area contributed by atoms with Crippen LogP contribution in [0.2, 0.25) is 5.02 Å². The lowest BCUT2D eigenvalue weighted by Gasteiger charge is -2.17. The highest BCUT2D eigenvalue weighted by atomic mass is 35.5. The molecule has 4 rings (SSSR count). The summed E-state index contributed by atoms with van der Waals surface area (Å²) in [7, 11) is 0. The van der Waals surface area contributed by atoms with E-state index >= 15 is 0 Å². The van der Waals surface area contributed by atoms with Gasteiger partial charge in [0.15, 0.2) is 6.61 Å². The molecule has 1 unspecified atom stereocenters. The summed E-state index contributed by atoms with van der Waals surface area (Å²) in [6.07, 6.45) is 0.268. The van der Waals surface area contributed by atoms with Gasteiger partial charge in [-0.15, -0.1) is 0 Å². The van der Waals surface area contributed by atoms with E-state index in [0.717, 1.165) is 16.5 Å². The second-order valence-electron chi connectivity index (χ2n) is 6.75. The van der Waals surface area contributed by atoms with Gasteiger partial charge in [-0.2, -0.15) is 0 Å². The summed E-state index contributed by atoms with van der Waals surface area (Å²) in [5, 5.41) is 5.66. The van der Waals surface area contributed by atoms with Crippen LogP contribution >= 0.6 is 11.6 Å². The van der Waals surface area contributed by atoms with Gasteiger partial charge in [0.05, 0.1) is 6.04 Å². The van der Waals surface area contributed by atoms with Crippen LogP contribution in [0.5, 0.6) is 5.75 Å². The number of halogens is 1. The Hall–Kier alpha value is -3.05. The molecule has 3 aromatic rings. The van der Waals surface area contributed by atoms with Crippen LogP contribution in [0.4, 0.5) is 5.69 Å². The van der Waals surface area contributed by atoms with Crippen molar-refractivity contribution in [1.29, 1.82) is 0 Å². The highest BCUT2D eigenvalue weighted by Gasteiger charge is 2.31. The van der Waals surface area contributed by atoms with Crippen molar-refractivity contribution in [2.45, 2.75) is 12.5 Å². The predicted octanol–water partition coefficient (Wildman–Crippen LogP) is 3.79. The molecule has 5 nitrogen and oxygen atoms in total. The molecule has 28 heavy (non-hydrogen) atoms. The van der Waals surface area contributed by atoms with E-state index in [9.17, 15) is 9.59 Å². The Morgan fingerprint density at radius 3 is 2.61 bits per heavy atom. The van der Waals surface area contributed by atoms with Crippen LogP contribution in [0.25, 0.3) is 10.8 Å². The largest absolute Gasteiger partial charge is 0.484 e. The fraction of sp³-hybridized carbons (Fsp3) is 0.182. The van der Waals surface area contributed by atoms with E-state index in [1.165, 1.54) is 0 Å². The molecule has 2 amide bonds. The number of nitrogens with zero attached hydrogens (tertiary/aromatic N) is 1. The molecule has 6 heteroatoms. The first-order chi connectivity index (χ1) is 13.6. The lowest BCUT2D eigenvalue weighted by Crippen LogP contribution is -2.39. The van der Waals surface area contributed by atoms with Gasteiger partial charge in [-0.25, -0.2) is 0 Å². The fourth-order valence-corrected chi connectivity index (χ4v) is 3.48. The predicted molar refractivity (Wildman–Crippen MR) is 110 cm³/mol. The molecule has 1 fully saturated rings. The van der Waals surface area contributed by atoms with Gasteiger partial charge in [-0.1, -0.05) is 41.9 Å². The van der Waals surface area contributed by atoms with Gasteiger partial charge in [-0.3, -0.25) is 9.59 Å². The van der Waals surface area contributed by atoms with E-state index in [0.29, 0.717) is 17.3 Å². The zero-order valence-corrected chi connectivity index (χ0v) is 15.9. The molecule has 0 radical (unpaired) electrons. The molecule has 1 saturated heterocycles. The molecule has 3 aromatic carbocycles. The third kappa shape index (κ3) is 4.10. The standard InChI is InChI=1S/C22H19ClN2O3/c23-17-6-8-19(9-7-17)25-13-18(12-22(25)27)24-21(26)14-28-20-10-5-15-3-1-2-4-16(15)11-20/h1-11,18H,12-14H2,(H,24,26). The number of hydrogen-bond acceptors (Lipinski definition) is 3. The first kappa shape index (κ1) is 18.3. The molecule has 0 saturated carbocycles. The topological polar surface area (TPSA) is 58.6 Å². The van der Waals surface area contributed by atoms with Gasteiger partial charge in [0, 0.05) is 23.7 Å². The van der Waals surface area contributed by atoms with Crippen LogP contribution in [0.1, 0.15) is 6.42 Å². The highest BCUT2D eigenvalue weighted by molar-refractivity contribution is 6.30. The van der Waals surface area contributed by atoms with E-state index in [1.807, 2.05) is 42.5 Å². The zero-order chi connectivity index (χ0) is 19.5. The third-order valence-corrected chi connectivity index (χ3v) is 4.97. The van der Waals surface area contributed by atoms with E-state index in [2.05, 4.69) is 5.32 Å². The average Bonchev–Trinajstić information content (AvgIpc) is 3.06. The van der Waals surface area contributed by atoms with E-state index in [4.69, 9.17) is 16.3 Å². The van der Waals surface area contributed by atoms with Gasteiger partial charge in [0.1, 0.15) is 5.75 Å². The molecule has 1 aliphatic heterocycles. The number of rotatable bonds is 5. The summed E-state index contributed by atoms with van der Waals surface area (Å²) < 4.78 is 5.61. The van der Waals surface area contributed by atoms with Crippen LogP contribution in [0.3, 0.4) is 0 Å². The maximum absolute atomic E-state index is 12.3. The number of hydrogen-bond donors (Lipinski definition) is 1. The minimum absolute atomic E-state index is 0.0249. The number of ether oxygens (including phenoxy) is 1. The summed E-state index contributed by atoms with van der Waals surface area (Å²) in [5.41, 5.74) is 0.776. The number of nitrogens with one attached hydrogen (secondary N) is 1. The Morgan fingerprint density at radius 1 is 1.07 bits per heavy atom. The van der Waals surface area contributed by atoms with Crippen LogP contribution in [0.15, 0.2) is 66.7 Å². The highest BCUT2D eigenvalue weighted by Crippen LogP contribution is 2.24. The van der Waals surface area contributed by atoms with Gasteiger partial charge < -0.3 is 15.0 Å². The van der Waals surface area contributed by atoms with Crippen molar-refractivity contribution in [3.05, 3.63) is 71.8 Å². The Balaban J connectivity index is 1.32. The first-order valence-corrected chi connectivity index (χ1v) is 9.43. The normalized spacial score (nSPS) is 16.4. The van der Waals surface area contributed by atoms with Crippen LogP contribution in [0, 0.1) is 0 Å². The van der Waals surface area contributed by atoms with Gasteiger partial charge >= 0.3 is 0 Å². The summed E-state index contributed by atoms with van der Waals surface area (Å²) in [6, 6.07) is 20.5. The Morgan fingerprint density at radius 2 is 1.82 bits per heavy atom. The summed E-state index contributed by atoms with van der Waals surface area (Å²) >= 11 is 5.90. The Bertz CT molecular complexity index is 1020. The van der Waals surface area contributed by atoms with E-state index < -0.39 is 0 Å². The average molecular weight is 395 g/mol. The molecule has 1 heterocycles. The monoisotopic (exact) mass is 394 g/mol. The Labute approximate surface area is 167 Å². The molecule has 142 valence electrons. The number of carbonyl (C=O) groups excluding carboxylic acids is 2. The molecule has 1 aliphatic rings. The number of fused-ring (bicyclic) bond motifs is 1. The van der Waals surface area contributed by atoms with Crippen molar-refractivity contribution >= 4 is 39.9 Å². The molecular formula is C22H19ClN2O3. The molecule has 0 bridgehead atoms. The van der Waals surface area contributed by atoms with Crippen LogP contribution < -0.4 is 15.0 Å². The van der Waals surface area contributed by atoms with Crippen LogP contribution in [-0.4, -0.2) is 31.0 Å². The number of amides is 2. The first-order valence-electron chi connectivity index (χ1n) is 9.05. The van der Waals surface area contributed by atoms with Crippen molar-refractivity contribution in [3.8, 4) is 5.75 Å². The lowest BCUT2D eigenvalue weighted by molar-refractivity contribution is -0.123. The smallest absolute Gasteiger partial charge is 0.258 e. The van der Waals surface area contributed by atoms with Crippen molar-refractivity contribution in [1.82, 2.24) is 5.32 Å². The van der Waals surface area contributed by atoms with Crippen molar-refractivity contribution in [2.24, 2.45) is 0 Å². The molecule has 1 N–H and O–H groups in total. The zero-order valence-electron chi connectivity index (χ0n) is 15.1. The molecular weight excluding hydrogens is 376 g/mol. The minimum Gasteiger partial charge on any atom is -0.484 e. The lowest BCUT2D eigenvalue weighted by atomic mass is 10.1. The second kappa shape index (κ2) is 7.90. The molecule has 0 aliphatic carbocycles. The number of carbonyl (C=O) groups is 2. The maximum Gasteiger partial charge on any atom is 0.258 e. The molecule has 0 spiro atoms.